The topological polar surface area (TPSA) is 57.6 Å². The van der Waals surface area contributed by atoms with Crippen molar-refractivity contribution >= 4 is 11.9 Å². The molecule has 0 aliphatic carbocycles. The van der Waals surface area contributed by atoms with Crippen LogP contribution in [0.15, 0.2) is 24.3 Å². The Balaban J connectivity index is 1.92. The summed E-state index contributed by atoms with van der Waals surface area (Å²) < 4.78 is 0. The maximum Gasteiger partial charge on any atom is 0.310 e. The predicted octanol–water partition coefficient (Wildman–Crippen LogP) is 2.19. The van der Waals surface area contributed by atoms with E-state index >= 15 is 0 Å². The molecule has 1 fully saturated rings. The molecule has 0 bridgehead atoms. The van der Waals surface area contributed by atoms with Crippen molar-refractivity contribution in [2.24, 2.45) is 5.92 Å². The van der Waals surface area contributed by atoms with E-state index in [-0.39, 0.29) is 5.91 Å². The number of aryl methyl sites for hydroxylation is 1. The van der Waals surface area contributed by atoms with Crippen LogP contribution in [-0.4, -0.2) is 35.0 Å². The highest BCUT2D eigenvalue weighted by Gasteiger charge is 2.35. The Bertz CT molecular complexity index is 461. The summed E-state index contributed by atoms with van der Waals surface area (Å²) in [5.41, 5.74) is 1.88. The molecule has 1 heterocycles. The monoisotopic (exact) mass is 261 g/mol. The number of likely N-dealkylation sites (tertiary alicyclic amines) is 1. The van der Waals surface area contributed by atoms with E-state index in [1.54, 1.807) is 4.90 Å². The van der Waals surface area contributed by atoms with Crippen molar-refractivity contribution in [3.05, 3.63) is 35.4 Å². The molecule has 1 saturated heterocycles. The maximum atomic E-state index is 12.1. The van der Waals surface area contributed by atoms with E-state index in [2.05, 4.69) is 6.92 Å². The van der Waals surface area contributed by atoms with Crippen LogP contribution < -0.4 is 0 Å². The van der Waals surface area contributed by atoms with Crippen LogP contribution in [0.25, 0.3) is 0 Å². The fourth-order valence-corrected chi connectivity index (χ4v) is 2.18. The summed E-state index contributed by atoms with van der Waals surface area (Å²) >= 11 is 0. The molecule has 2 rings (SSSR count). The van der Waals surface area contributed by atoms with Crippen molar-refractivity contribution in [2.45, 2.75) is 26.2 Å². The number of hydrogen-bond acceptors (Lipinski definition) is 2. The van der Waals surface area contributed by atoms with E-state index in [1.165, 1.54) is 5.56 Å². The third-order valence-electron chi connectivity index (χ3n) is 3.54. The van der Waals surface area contributed by atoms with Crippen LogP contribution in [0.5, 0.6) is 0 Å². The van der Waals surface area contributed by atoms with Crippen molar-refractivity contribution in [1.82, 2.24) is 4.90 Å². The number of nitrogens with zero attached hydrogens (tertiary/aromatic N) is 1. The zero-order valence-electron chi connectivity index (χ0n) is 11.1. The first kappa shape index (κ1) is 13.6. The largest absolute Gasteiger partial charge is 0.481 e. The van der Waals surface area contributed by atoms with E-state index in [1.807, 2.05) is 24.3 Å². The molecule has 0 spiro atoms. The minimum atomic E-state index is -0.820. The lowest BCUT2D eigenvalue weighted by Gasteiger charge is -2.36. The third kappa shape index (κ3) is 3.13. The van der Waals surface area contributed by atoms with Gasteiger partial charge in [-0.1, -0.05) is 25.5 Å². The fraction of sp³-hybridized carbons (Fsp3) is 0.467. The van der Waals surface area contributed by atoms with Gasteiger partial charge >= 0.3 is 5.97 Å². The Morgan fingerprint density at radius 1 is 1.26 bits per heavy atom. The number of rotatable bonds is 5. The van der Waals surface area contributed by atoms with Gasteiger partial charge in [-0.05, 0) is 30.5 Å². The van der Waals surface area contributed by atoms with Crippen molar-refractivity contribution in [1.29, 1.82) is 0 Å². The molecular formula is C15H19NO3. The molecule has 0 radical (unpaired) electrons. The van der Waals surface area contributed by atoms with Crippen LogP contribution in [0.2, 0.25) is 0 Å². The predicted molar refractivity (Wildman–Crippen MR) is 72.1 cm³/mol. The van der Waals surface area contributed by atoms with Gasteiger partial charge in [-0.25, -0.2) is 0 Å². The standard InChI is InChI=1S/C15H19NO3/c1-2-3-4-11-5-7-12(8-6-11)14(17)16-9-13(10-16)15(18)19/h5-8,13H,2-4,9-10H2,1H3,(H,18,19). The number of aliphatic carboxylic acids is 1. The molecule has 4 nitrogen and oxygen atoms in total. The Hall–Kier alpha value is -1.84. The lowest BCUT2D eigenvalue weighted by Crippen LogP contribution is -2.53. The number of unbranched alkanes of at least 4 members (excludes halogenated alkanes) is 1. The van der Waals surface area contributed by atoms with Gasteiger partial charge in [0.1, 0.15) is 0 Å². The lowest BCUT2D eigenvalue weighted by atomic mass is 9.98. The van der Waals surface area contributed by atoms with Gasteiger partial charge in [0.2, 0.25) is 0 Å². The Morgan fingerprint density at radius 3 is 2.42 bits per heavy atom. The van der Waals surface area contributed by atoms with Gasteiger partial charge in [-0.2, -0.15) is 0 Å². The normalized spacial score (nSPS) is 15.1. The highest BCUT2D eigenvalue weighted by molar-refractivity contribution is 5.95. The van der Waals surface area contributed by atoms with Gasteiger partial charge < -0.3 is 10.0 Å². The molecule has 1 aliphatic heterocycles. The minimum Gasteiger partial charge on any atom is -0.481 e. The van der Waals surface area contributed by atoms with Crippen LogP contribution in [-0.2, 0) is 11.2 Å². The molecule has 1 aromatic carbocycles. The molecule has 102 valence electrons. The van der Waals surface area contributed by atoms with E-state index in [0.29, 0.717) is 18.7 Å². The second-order valence-corrected chi connectivity index (χ2v) is 5.05. The number of carboxylic acids is 1. The summed E-state index contributed by atoms with van der Waals surface area (Å²) in [7, 11) is 0. The Labute approximate surface area is 113 Å². The van der Waals surface area contributed by atoms with Crippen molar-refractivity contribution in [2.75, 3.05) is 13.1 Å². The summed E-state index contributed by atoms with van der Waals surface area (Å²) in [6.07, 6.45) is 3.35. The second-order valence-electron chi connectivity index (χ2n) is 5.05. The van der Waals surface area contributed by atoms with Crippen LogP contribution in [0.4, 0.5) is 0 Å². The third-order valence-corrected chi connectivity index (χ3v) is 3.54. The maximum absolute atomic E-state index is 12.1. The molecule has 4 heteroatoms. The van der Waals surface area contributed by atoms with Gasteiger partial charge in [0.25, 0.3) is 5.91 Å². The summed E-state index contributed by atoms with van der Waals surface area (Å²) in [5.74, 6) is -1.29. The quantitative estimate of drug-likeness (QED) is 0.884. The number of carboxylic acid groups (broad SMARTS) is 1. The molecule has 0 aromatic heterocycles. The molecule has 19 heavy (non-hydrogen) atoms. The molecule has 0 unspecified atom stereocenters. The van der Waals surface area contributed by atoms with E-state index in [4.69, 9.17) is 5.11 Å². The smallest absolute Gasteiger partial charge is 0.310 e. The van der Waals surface area contributed by atoms with Gasteiger partial charge in [0.05, 0.1) is 5.92 Å². The minimum absolute atomic E-state index is 0.0699. The summed E-state index contributed by atoms with van der Waals surface area (Å²) in [6, 6.07) is 7.64. The van der Waals surface area contributed by atoms with E-state index < -0.39 is 11.9 Å². The fourth-order valence-electron chi connectivity index (χ4n) is 2.18. The van der Waals surface area contributed by atoms with Gasteiger partial charge in [0, 0.05) is 18.7 Å². The molecule has 0 atom stereocenters. The van der Waals surface area contributed by atoms with Crippen LogP contribution in [0.1, 0.15) is 35.7 Å². The number of amides is 1. The zero-order valence-corrected chi connectivity index (χ0v) is 11.1. The summed E-state index contributed by atoms with van der Waals surface area (Å²) in [4.78, 5) is 24.3. The molecule has 0 saturated carbocycles. The van der Waals surface area contributed by atoms with E-state index in [9.17, 15) is 9.59 Å². The second kappa shape index (κ2) is 5.87. The first-order valence-corrected chi connectivity index (χ1v) is 6.73. The highest BCUT2D eigenvalue weighted by Crippen LogP contribution is 2.19. The molecule has 1 amide bonds. The molecule has 1 N–H and O–H groups in total. The number of hydrogen-bond donors (Lipinski definition) is 1. The summed E-state index contributed by atoms with van der Waals surface area (Å²) in [6.45, 7) is 2.80. The average Bonchev–Trinajstić information content (AvgIpc) is 2.34. The average molecular weight is 261 g/mol. The first-order chi connectivity index (χ1) is 9.11. The van der Waals surface area contributed by atoms with Gasteiger partial charge in [-0.3, -0.25) is 9.59 Å². The number of carbonyl (C=O) groups is 2. The van der Waals surface area contributed by atoms with Crippen molar-refractivity contribution in [3.8, 4) is 0 Å². The van der Waals surface area contributed by atoms with Crippen LogP contribution >= 0.6 is 0 Å². The lowest BCUT2D eigenvalue weighted by molar-refractivity contribution is -0.146. The Kier molecular flexibility index (Phi) is 4.20. The number of benzene rings is 1. The van der Waals surface area contributed by atoms with Crippen LogP contribution in [0, 0.1) is 5.92 Å². The Morgan fingerprint density at radius 2 is 1.89 bits per heavy atom. The van der Waals surface area contributed by atoms with Crippen molar-refractivity contribution < 1.29 is 14.7 Å². The van der Waals surface area contributed by atoms with Gasteiger partial charge in [-0.15, -0.1) is 0 Å². The van der Waals surface area contributed by atoms with Crippen molar-refractivity contribution in [3.63, 3.8) is 0 Å². The zero-order chi connectivity index (χ0) is 13.8. The first-order valence-electron chi connectivity index (χ1n) is 6.73. The SMILES string of the molecule is CCCCc1ccc(C(=O)N2CC(C(=O)O)C2)cc1. The summed E-state index contributed by atoms with van der Waals surface area (Å²) in [5, 5.41) is 8.78. The van der Waals surface area contributed by atoms with Gasteiger partial charge in [0.15, 0.2) is 0 Å². The number of carbonyl (C=O) groups excluding carboxylic acids is 1. The van der Waals surface area contributed by atoms with E-state index in [0.717, 1.165) is 19.3 Å². The molecule has 1 aromatic rings. The molecule has 1 aliphatic rings. The molecular weight excluding hydrogens is 242 g/mol. The van der Waals surface area contributed by atoms with Crippen LogP contribution in [0.3, 0.4) is 0 Å². The highest BCUT2D eigenvalue weighted by atomic mass is 16.4.